The minimum atomic E-state index is -0.159. The van der Waals surface area contributed by atoms with Crippen molar-refractivity contribution in [3.63, 3.8) is 0 Å². The lowest BCUT2D eigenvalue weighted by atomic mass is 9.88. The van der Waals surface area contributed by atoms with E-state index in [0.29, 0.717) is 5.92 Å². The predicted molar refractivity (Wildman–Crippen MR) is 70.9 cm³/mol. The summed E-state index contributed by atoms with van der Waals surface area (Å²) in [6.07, 6.45) is 1.10. The van der Waals surface area contributed by atoms with Crippen molar-refractivity contribution in [2.24, 2.45) is 0 Å². The molecule has 0 unspecified atom stereocenters. The Hall–Kier alpha value is -1.67. The molecule has 0 spiro atoms. The maximum atomic E-state index is 13.3. The molecular formula is C16H16FN. The Labute approximate surface area is 107 Å². The highest BCUT2D eigenvalue weighted by molar-refractivity contribution is 5.30. The van der Waals surface area contributed by atoms with Crippen LogP contribution in [0.15, 0.2) is 54.6 Å². The van der Waals surface area contributed by atoms with Crippen LogP contribution in [0.25, 0.3) is 0 Å². The molecule has 2 atom stereocenters. The van der Waals surface area contributed by atoms with E-state index in [2.05, 4.69) is 29.6 Å². The fourth-order valence-corrected chi connectivity index (χ4v) is 2.81. The van der Waals surface area contributed by atoms with E-state index in [9.17, 15) is 4.39 Å². The van der Waals surface area contributed by atoms with Crippen molar-refractivity contribution in [1.82, 2.24) is 5.32 Å². The van der Waals surface area contributed by atoms with Gasteiger partial charge in [0.2, 0.25) is 0 Å². The summed E-state index contributed by atoms with van der Waals surface area (Å²) in [5.74, 6) is 0.279. The van der Waals surface area contributed by atoms with E-state index in [1.54, 1.807) is 12.1 Å². The lowest BCUT2D eigenvalue weighted by Gasteiger charge is -2.20. The van der Waals surface area contributed by atoms with E-state index in [1.165, 1.54) is 11.6 Å². The Morgan fingerprint density at radius 2 is 1.72 bits per heavy atom. The summed E-state index contributed by atoms with van der Waals surface area (Å²) in [7, 11) is 0. The smallest absolute Gasteiger partial charge is 0.123 e. The molecule has 1 saturated heterocycles. The van der Waals surface area contributed by atoms with Crippen LogP contribution in [0.1, 0.15) is 29.5 Å². The Kier molecular flexibility index (Phi) is 3.11. The summed E-state index contributed by atoms with van der Waals surface area (Å²) in [6.45, 7) is 0.987. The van der Waals surface area contributed by atoms with Crippen LogP contribution in [0.4, 0.5) is 4.39 Å². The molecule has 1 aliphatic rings. The summed E-state index contributed by atoms with van der Waals surface area (Å²) < 4.78 is 13.3. The van der Waals surface area contributed by atoms with Crippen LogP contribution in [0.3, 0.4) is 0 Å². The van der Waals surface area contributed by atoms with Crippen molar-refractivity contribution in [3.8, 4) is 0 Å². The Balaban J connectivity index is 1.92. The van der Waals surface area contributed by atoms with Gasteiger partial charge in [0.05, 0.1) is 0 Å². The van der Waals surface area contributed by atoms with Gasteiger partial charge in [-0.2, -0.15) is 0 Å². The number of hydrogen-bond acceptors (Lipinski definition) is 1. The molecule has 1 fully saturated rings. The number of hydrogen-bond donors (Lipinski definition) is 1. The summed E-state index contributed by atoms with van der Waals surface area (Å²) >= 11 is 0. The zero-order chi connectivity index (χ0) is 12.4. The Morgan fingerprint density at radius 1 is 0.944 bits per heavy atom. The number of nitrogens with one attached hydrogen (secondary N) is 1. The van der Waals surface area contributed by atoms with E-state index in [4.69, 9.17) is 0 Å². The molecule has 92 valence electrons. The van der Waals surface area contributed by atoms with E-state index < -0.39 is 0 Å². The predicted octanol–water partition coefficient (Wildman–Crippen LogP) is 3.64. The van der Waals surface area contributed by atoms with Crippen molar-refractivity contribution in [1.29, 1.82) is 0 Å². The molecule has 0 radical (unpaired) electrons. The van der Waals surface area contributed by atoms with Crippen molar-refractivity contribution < 1.29 is 4.39 Å². The highest BCUT2D eigenvalue weighted by atomic mass is 19.1. The van der Waals surface area contributed by atoms with Crippen LogP contribution in [-0.2, 0) is 0 Å². The lowest BCUT2D eigenvalue weighted by Crippen LogP contribution is -2.17. The molecule has 1 heterocycles. The first kappa shape index (κ1) is 11.4. The van der Waals surface area contributed by atoms with Crippen molar-refractivity contribution in [3.05, 3.63) is 71.5 Å². The first-order valence-corrected chi connectivity index (χ1v) is 6.38. The van der Waals surface area contributed by atoms with Gasteiger partial charge in [-0.3, -0.25) is 0 Å². The fourth-order valence-electron chi connectivity index (χ4n) is 2.81. The SMILES string of the molecule is Fc1cccc([C@@H]2NCC[C@H]2c2ccccc2)c1. The molecule has 18 heavy (non-hydrogen) atoms. The number of benzene rings is 2. The van der Waals surface area contributed by atoms with E-state index in [-0.39, 0.29) is 11.9 Å². The summed E-state index contributed by atoms with van der Waals surface area (Å²) in [5.41, 5.74) is 2.37. The summed E-state index contributed by atoms with van der Waals surface area (Å²) in [4.78, 5) is 0. The molecule has 1 nitrogen and oxygen atoms in total. The molecule has 0 aliphatic carbocycles. The third-order valence-electron chi connectivity index (χ3n) is 3.66. The quantitative estimate of drug-likeness (QED) is 0.846. The normalized spacial score (nSPS) is 23.2. The largest absolute Gasteiger partial charge is 0.309 e. The monoisotopic (exact) mass is 241 g/mol. The minimum Gasteiger partial charge on any atom is -0.309 e. The third-order valence-corrected chi connectivity index (χ3v) is 3.66. The minimum absolute atomic E-state index is 0.159. The zero-order valence-electron chi connectivity index (χ0n) is 10.1. The molecule has 1 aliphatic heterocycles. The zero-order valence-corrected chi connectivity index (χ0v) is 10.1. The molecule has 0 amide bonds. The molecule has 2 heteroatoms. The Morgan fingerprint density at radius 3 is 2.50 bits per heavy atom. The number of rotatable bonds is 2. The molecule has 0 aromatic heterocycles. The molecule has 1 N–H and O–H groups in total. The lowest BCUT2D eigenvalue weighted by molar-refractivity contribution is 0.566. The van der Waals surface area contributed by atoms with Crippen LogP contribution in [0, 0.1) is 5.82 Å². The van der Waals surface area contributed by atoms with Gasteiger partial charge in [-0.1, -0.05) is 42.5 Å². The van der Waals surface area contributed by atoms with Crippen LogP contribution in [0.2, 0.25) is 0 Å². The summed E-state index contributed by atoms with van der Waals surface area (Å²) in [6, 6.07) is 17.6. The molecule has 3 rings (SSSR count). The average molecular weight is 241 g/mol. The van der Waals surface area contributed by atoms with Gasteiger partial charge in [0.25, 0.3) is 0 Å². The fraction of sp³-hybridized carbons (Fsp3) is 0.250. The van der Waals surface area contributed by atoms with Crippen LogP contribution >= 0.6 is 0 Å². The second-order valence-corrected chi connectivity index (χ2v) is 4.79. The maximum absolute atomic E-state index is 13.3. The Bertz CT molecular complexity index is 524. The molecular weight excluding hydrogens is 225 g/mol. The average Bonchev–Trinajstić information content (AvgIpc) is 2.89. The standard InChI is InChI=1S/C16H16FN/c17-14-8-4-7-13(11-14)16-15(9-10-18-16)12-5-2-1-3-6-12/h1-8,11,15-16,18H,9-10H2/t15-,16-/m0/s1. The molecule has 2 aromatic rings. The van der Waals surface area contributed by atoms with Gasteiger partial charge in [-0.05, 0) is 36.2 Å². The van der Waals surface area contributed by atoms with Crippen LogP contribution in [0.5, 0.6) is 0 Å². The second kappa shape index (κ2) is 4.91. The van der Waals surface area contributed by atoms with Crippen molar-refractivity contribution in [2.45, 2.75) is 18.4 Å². The van der Waals surface area contributed by atoms with Gasteiger partial charge in [0.15, 0.2) is 0 Å². The van der Waals surface area contributed by atoms with Gasteiger partial charge in [-0.15, -0.1) is 0 Å². The van der Waals surface area contributed by atoms with Crippen LogP contribution < -0.4 is 5.32 Å². The van der Waals surface area contributed by atoms with Crippen molar-refractivity contribution in [2.75, 3.05) is 6.54 Å². The highest BCUT2D eigenvalue weighted by Crippen LogP contribution is 2.37. The van der Waals surface area contributed by atoms with Gasteiger partial charge < -0.3 is 5.32 Å². The van der Waals surface area contributed by atoms with E-state index in [1.807, 2.05) is 12.1 Å². The van der Waals surface area contributed by atoms with Gasteiger partial charge in [-0.25, -0.2) is 4.39 Å². The van der Waals surface area contributed by atoms with Gasteiger partial charge in [0.1, 0.15) is 5.82 Å². The van der Waals surface area contributed by atoms with Crippen molar-refractivity contribution >= 4 is 0 Å². The topological polar surface area (TPSA) is 12.0 Å². The maximum Gasteiger partial charge on any atom is 0.123 e. The molecule has 2 aromatic carbocycles. The molecule has 0 saturated carbocycles. The van der Waals surface area contributed by atoms with Gasteiger partial charge in [0, 0.05) is 12.0 Å². The van der Waals surface area contributed by atoms with Crippen LogP contribution in [-0.4, -0.2) is 6.54 Å². The van der Waals surface area contributed by atoms with E-state index >= 15 is 0 Å². The van der Waals surface area contributed by atoms with Gasteiger partial charge >= 0.3 is 0 Å². The number of halogens is 1. The summed E-state index contributed by atoms with van der Waals surface area (Å²) in [5, 5.41) is 3.48. The third kappa shape index (κ3) is 2.16. The second-order valence-electron chi connectivity index (χ2n) is 4.79. The highest BCUT2D eigenvalue weighted by Gasteiger charge is 2.29. The van der Waals surface area contributed by atoms with E-state index in [0.717, 1.165) is 18.5 Å². The first-order valence-electron chi connectivity index (χ1n) is 6.38. The first-order chi connectivity index (χ1) is 8.84. The molecule has 0 bridgehead atoms.